The molecule has 0 aromatic heterocycles. The van der Waals surface area contributed by atoms with Crippen LogP contribution in [0.25, 0.3) is 0 Å². The van der Waals surface area contributed by atoms with Gasteiger partial charge in [0.05, 0.1) is 10.6 Å². The van der Waals surface area contributed by atoms with Gasteiger partial charge < -0.3 is 0 Å². The van der Waals surface area contributed by atoms with Crippen molar-refractivity contribution in [3.8, 4) is 0 Å². The zero-order valence-electron chi connectivity index (χ0n) is 13.6. The molecule has 3 nitrogen and oxygen atoms in total. The van der Waals surface area contributed by atoms with Crippen LogP contribution in [-0.2, 0) is 22.9 Å². The quantitative estimate of drug-likeness (QED) is 0.837. The first-order chi connectivity index (χ1) is 10.4. The third-order valence-electron chi connectivity index (χ3n) is 3.90. The molecule has 0 aliphatic heterocycles. The van der Waals surface area contributed by atoms with E-state index < -0.39 is 10.0 Å². The average molecular weight is 317 g/mol. The lowest BCUT2D eigenvalue weighted by molar-refractivity contribution is 0.594. The van der Waals surface area contributed by atoms with Gasteiger partial charge in [-0.25, -0.2) is 8.42 Å². The molecule has 4 heteroatoms. The molecule has 0 radical (unpaired) electrons. The Bertz CT molecular complexity index is 727. The van der Waals surface area contributed by atoms with Gasteiger partial charge in [0.1, 0.15) is 0 Å². The smallest absolute Gasteiger partial charge is 0.264 e. The maximum absolute atomic E-state index is 12.8. The minimum Gasteiger partial charge on any atom is -0.269 e. The summed E-state index contributed by atoms with van der Waals surface area (Å²) in [5, 5.41) is 0. The first-order valence-corrected chi connectivity index (χ1v) is 9.01. The number of nitrogens with zero attached hydrogens (tertiary/aromatic N) is 1. The highest BCUT2D eigenvalue weighted by molar-refractivity contribution is 7.92. The van der Waals surface area contributed by atoms with Crippen LogP contribution >= 0.6 is 0 Å². The van der Waals surface area contributed by atoms with Gasteiger partial charge in [-0.2, -0.15) is 0 Å². The largest absolute Gasteiger partial charge is 0.269 e. The fourth-order valence-electron chi connectivity index (χ4n) is 2.34. The van der Waals surface area contributed by atoms with E-state index >= 15 is 0 Å². The van der Waals surface area contributed by atoms with E-state index in [4.69, 9.17) is 0 Å². The van der Waals surface area contributed by atoms with Crippen molar-refractivity contribution in [2.75, 3.05) is 11.4 Å². The van der Waals surface area contributed by atoms with Crippen molar-refractivity contribution in [3.05, 3.63) is 59.2 Å². The minimum absolute atomic E-state index is 0.320. The van der Waals surface area contributed by atoms with Crippen molar-refractivity contribution < 1.29 is 8.42 Å². The number of hydrogen-bond donors (Lipinski definition) is 0. The molecule has 0 saturated carbocycles. The molecule has 2 rings (SSSR count). The number of rotatable bonds is 5. The number of anilines is 1. The zero-order chi connectivity index (χ0) is 16.3. The molecule has 0 unspecified atom stereocenters. The van der Waals surface area contributed by atoms with Gasteiger partial charge in [0.25, 0.3) is 10.0 Å². The van der Waals surface area contributed by atoms with Gasteiger partial charge in [-0.3, -0.25) is 4.31 Å². The van der Waals surface area contributed by atoms with Crippen LogP contribution in [0.1, 0.15) is 30.5 Å². The molecule has 0 spiro atoms. The summed E-state index contributed by atoms with van der Waals surface area (Å²) in [7, 11) is -1.91. The zero-order valence-corrected chi connectivity index (χ0v) is 14.4. The first-order valence-electron chi connectivity index (χ1n) is 7.57. The molecule has 0 fully saturated rings. The van der Waals surface area contributed by atoms with Crippen LogP contribution in [-0.4, -0.2) is 15.5 Å². The molecule has 2 aromatic rings. The highest BCUT2D eigenvalue weighted by atomic mass is 32.2. The van der Waals surface area contributed by atoms with Crippen molar-refractivity contribution in [1.29, 1.82) is 0 Å². The lowest BCUT2D eigenvalue weighted by atomic mass is 10.1. The van der Waals surface area contributed by atoms with E-state index in [1.807, 2.05) is 31.2 Å². The molecule has 0 heterocycles. The number of aryl methyl sites for hydroxylation is 3. The van der Waals surface area contributed by atoms with Gasteiger partial charge >= 0.3 is 0 Å². The Labute approximate surface area is 133 Å². The second-order valence-corrected chi connectivity index (χ2v) is 7.47. The maximum atomic E-state index is 12.8. The molecule has 22 heavy (non-hydrogen) atoms. The highest BCUT2D eigenvalue weighted by Crippen LogP contribution is 2.25. The summed E-state index contributed by atoms with van der Waals surface area (Å²) in [6.07, 6.45) is 1.78. The maximum Gasteiger partial charge on any atom is 0.264 e. The second kappa shape index (κ2) is 6.53. The van der Waals surface area contributed by atoms with Crippen molar-refractivity contribution in [3.63, 3.8) is 0 Å². The number of benzene rings is 2. The van der Waals surface area contributed by atoms with Gasteiger partial charge in [-0.1, -0.05) is 37.6 Å². The molecule has 0 atom stereocenters. The van der Waals surface area contributed by atoms with Crippen molar-refractivity contribution in [2.24, 2.45) is 0 Å². The SMILES string of the molecule is CCc1cc(CC)cc(N(C)S(=O)(=O)c2ccc(C)cc2)c1. The summed E-state index contributed by atoms with van der Waals surface area (Å²) in [5.41, 5.74) is 4.07. The van der Waals surface area contributed by atoms with Crippen LogP contribution in [0.2, 0.25) is 0 Å². The van der Waals surface area contributed by atoms with Gasteiger partial charge in [-0.05, 0) is 55.2 Å². The second-order valence-electron chi connectivity index (χ2n) is 5.50. The predicted octanol–water partition coefficient (Wildman–Crippen LogP) is 3.94. The summed E-state index contributed by atoms with van der Waals surface area (Å²) < 4.78 is 26.9. The molecule has 2 aromatic carbocycles. The fraction of sp³-hybridized carbons (Fsp3) is 0.333. The van der Waals surface area contributed by atoms with E-state index in [1.165, 1.54) is 4.31 Å². The molecular formula is C18H23NO2S. The first kappa shape index (κ1) is 16.6. The van der Waals surface area contributed by atoms with Gasteiger partial charge in [-0.15, -0.1) is 0 Å². The molecule has 0 bridgehead atoms. The third-order valence-corrected chi connectivity index (χ3v) is 5.70. The Kier molecular flexibility index (Phi) is 4.91. The molecule has 0 saturated heterocycles. The molecule has 0 amide bonds. The molecule has 0 aliphatic rings. The molecule has 118 valence electrons. The Morgan fingerprint density at radius 2 is 1.41 bits per heavy atom. The Hall–Kier alpha value is -1.81. The summed E-state index contributed by atoms with van der Waals surface area (Å²) in [6.45, 7) is 6.10. The lowest BCUT2D eigenvalue weighted by Gasteiger charge is -2.21. The van der Waals surface area contributed by atoms with Gasteiger partial charge in [0, 0.05) is 7.05 Å². The molecular weight excluding hydrogens is 294 g/mol. The van der Waals surface area contributed by atoms with E-state index in [0.717, 1.165) is 35.2 Å². The van der Waals surface area contributed by atoms with Crippen LogP contribution < -0.4 is 4.31 Å². The summed E-state index contributed by atoms with van der Waals surface area (Å²) in [6, 6.07) is 13.0. The van der Waals surface area contributed by atoms with Crippen LogP contribution in [0.3, 0.4) is 0 Å². The summed E-state index contributed by atoms with van der Waals surface area (Å²) in [4.78, 5) is 0.320. The normalized spacial score (nSPS) is 11.5. The van der Waals surface area contributed by atoms with Gasteiger partial charge in [0.15, 0.2) is 0 Å². The molecule has 0 aliphatic carbocycles. The van der Waals surface area contributed by atoms with Crippen LogP contribution in [0.4, 0.5) is 5.69 Å². The fourth-order valence-corrected chi connectivity index (χ4v) is 3.52. The van der Waals surface area contributed by atoms with Crippen molar-refractivity contribution >= 4 is 15.7 Å². The van der Waals surface area contributed by atoms with Crippen LogP contribution in [0.15, 0.2) is 47.4 Å². The summed E-state index contributed by atoms with van der Waals surface area (Å²) in [5.74, 6) is 0. The van der Waals surface area contributed by atoms with E-state index in [2.05, 4.69) is 19.9 Å². The number of sulfonamides is 1. The van der Waals surface area contributed by atoms with E-state index in [-0.39, 0.29) is 0 Å². The Balaban J connectivity index is 2.46. The van der Waals surface area contributed by atoms with E-state index in [0.29, 0.717) is 4.90 Å². The van der Waals surface area contributed by atoms with Crippen LogP contribution in [0.5, 0.6) is 0 Å². The summed E-state index contributed by atoms with van der Waals surface area (Å²) >= 11 is 0. The van der Waals surface area contributed by atoms with Gasteiger partial charge in [0.2, 0.25) is 0 Å². The lowest BCUT2D eigenvalue weighted by Crippen LogP contribution is -2.26. The predicted molar refractivity (Wildman–Crippen MR) is 92.0 cm³/mol. The van der Waals surface area contributed by atoms with E-state index in [1.54, 1.807) is 19.2 Å². The highest BCUT2D eigenvalue weighted by Gasteiger charge is 2.21. The van der Waals surface area contributed by atoms with Crippen molar-refractivity contribution in [2.45, 2.75) is 38.5 Å². The average Bonchev–Trinajstić information content (AvgIpc) is 2.53. The van der Waals surface area contributed by atoms with Crippen LogP contribution in [0, 0.1) is 6.92 Å². The molecule has 0 N–H and O–H groups in total. The monoisotopic (exact) mass is 317 g/mol. The number of hydrogen-bond acceptors (Lipinski definition) is 2. The van der Waals surface area contributed by atoms with E-state index in [9.17, 15) is 8.42 Å². The third kappa shape index (κ3) is 3.33. The topological polar surface area (TPSA) is 37.4 Å². The minimum atomic E-state index is -3.53. The standard InChI is InChI=1S/C18H23NO2S/c1-5-15-11-16(6-2)13-17(12-15)19(4)22(20,21)18-9-7-14(3)8-10-18/h7-13H,5-6H2,1-4H3. The van der Waals surface area contributed by atoms with Crippen molar-refractivity contribution in [1.82, 2.24) is 0 Å². The Morgan fingerprint density at radius 1 is 0.909 bits per heavy atom. The Morgan fingerprint density at radius 3 is 1.86 bits per heavy atom.